The zero-order chi connectivity index (χ0) is 27.1. The van der Waals surface area contributed by atoms with Crippen molar-refractivity contribution in [3.8, 4) is 11.5 Å². The highest BCUT2D eigenvalue weighted by atomic mass is 32.2. The number of anilines is 4. The third-order valence-corrected chi connectivity index (χ3v) is 6.94. The van der Waals surface area contributed by atoms with Gasteiger partial charge >= 0.3 is 0 Å². The molecule has 0 atom stereocenters. The molecule has 198 valence electrons. The molecule has 0 aliphatic rings. The second-order valence-electron chi connectivity index (χ2n) is 8.42. The molecule has 10 nitrogen and oxygen atoms in total. The average Bonchev–Trinajstić information content (AvgIpc) is 2.92. The van der Waals surface area contributed by atoms with Gasteiger partial charge in [0.15, 0.2) is 11.6 Å². The van der Waals surface area contributed by atoms with Gasteiger partial charge in [0, 0.05) is 36.0 Å². The predicted molar refractivity (Wildman–Crippen MR) is 148 cm³/mol. The number of hydrogen-bond donors (Lipinski definition) is 3. The first kappa shape index (κ1) is 26.7. The normalized spacial score (nSPS) is 11.1. The van der Waals surface area contributed by atoms with E-state index in [2.05, 4.69) is 25.3 Å². The van der Waals surface area contributed by atoms with Crippen molar-refractivity contribution in [2.45, 2.75) is 31.1 Å². The smallest absolute Gasteiger partial charge is 0.263 e. The second kappa shape index (κ2) is 11.8. The van der Waals surface area contributed by atoms with Crippen molar-refractivity contribution in [3.05, 3.63) is 66.7 Å². The van der Waals surface area contributed by atoms with Crippen LogP contribution in [0.5, 0.6) is 11.5 Å². The maximum Gasteiger partial charge on any atom is 0.263 e. The largest absolute Gasteiger partial charge is 0.497 e. The highest BCUT2D eigenvalue weighted by molar-refractivity contribution is 7.92. The third-order valence-electron chi connectivity index (χ3n) is 5.60. The first-order valence-electron chi connectivity index (χ1n) is 12.0. The number of methoxy groups -OCH3 is 2. The monoisotopic (exact) mass is 535 g/mol. The summed E-state index contributed by atoms with van der Waals surface area (Å²) in [6.07, 6.45) is 2.00. The van der Waals surface area contributed by atoms with Gasteiger partial charge in [-0.15, -0.1) is 0 Å². The van der Waals surface area contributed by atoms with E-state index in [4.69, 9.17) is 9.47 Å². The second-order valence-corrected chi connectivity index (χ2v) is 10.1. The lowest BCUT2D eigenvalue weighted by molar-refractivity contribution is -0.116. The zero-order valence-corrected chi connectivity index (χ0v) is 22.1. The topological polar surface area (TPSA) is 132 Å². The van der Waals surface area contributed by atoms with Gasteiger partial charge in [0.25, 0.3) is 10.0 Å². The van der Waals surface area contributed by atoms with E-state index in [0.29, 0.717) is 40.3 Å². The molecule has 0 unspecified atom stereocenters. The number of unbranched alkanes of at least 4 members (excludes halogenated alkanes) is 1. The molecule has 0 spiro atoms. The van der Waals surface area contributed by atoms with Gasteiger partial charge in [0.1, 0.15) is 11.5 Å². The number of aromatic nitrogens is 2. The Morgan fingerprint density at radius 1 is 0.842 bits per heavy atom. The number of nitrogens with one attached hydrogen (secondary N) is 3. The van der Waals surface area contributed by atoms with Crippen molar-refractivity contribution in [1.29, 1.82) is 0 Å². The molecule has 0 fully saturated rings. The number of benzene rings is 3. The minimum Gasteiger partial charge on any atom is -0.497 e. The summed E-state index contributed by atoms with van der Waals surface area (Å²) < 4.78 is 40.0. The molecule has 4 aromatic rings. The van der Waals surface area contributed by atoms with Gasteiger partial charge in [0.2, 0.25) is 5.91 Å². The molecule has 11 heteroatoms. The maximum atomic E-state index is 13.4. The lowest BCUT2D eigenvalue weighted by atomic mass is 10.2. The number of amides is 1. The van der Waals surface area contributed by atoms with E-state index in [1.165, 1.54) is 26.4 Å². The summed E-state index contributed by atoms with van der Waals surface area (Å²) >= 11 is 0. The van der Waals surface area contributed by atoms with Gasteiger partial charge in [-0.2, -0.15) is 0 Å². The molecule has 0 saturated carbocycles. The lowest BCUT2D eigenvalue weighted by Crippen LogP contribution is -2.17. The van der Waals surface area contributed by atoms with E-state index in [1.807, 2.05) is 13.0 Å². The Balaban J connectivity index is 1.68. The number of rotatable bonds is 11. The molecule has 4 rings (SSSR count). The van der Waals surface area contributed by atoms with E-state index in [9.17, 15) is 13.2 Å². The Hall–Kier alpha value is -4.38. The quantitative estimate of drug-likeness (QED) is 0.235. The van der Waals surface area contributed by atoms with Crippen LogP contribution in [0.3, 0.4) is 0 Å². The number of ether oxygens (including phenoxy) is 2. The summed E-state index contributed by atoms with van der Waals surface area (Å²) in [6, 6.07) is 18.4. The summed E-state index contributed by atoms with van der Waals surface area (Å²) in [5, 5.41) is 5.88. The van der Waals surface area contributed by atoms with Crippen LogP contribution in [0.4, 0.5) is 23.0 Å². The van der Waals surface area contributed by atoms with Crippen molar-refractivity contribution in [2.24, 2.45) is 0 Å². The summed E-state index contributed by atoms with van der Waals surface area (Å²) in [6.45, 7) is 2.00. The molecular weight excluding hydrogens is 506 g/mol. The summed E-state index contributed by atoms with van der Waals surface area (Å²) in [5.74, 6) is 1.10. The fourth-order valence-corrected chi connectivity index (χ4v) is 4.72. The molecular formula is C27H29N5O5S. The summed E-state index contributed by atoms with van der Waals surface area (Å²) in [4.78, 5) is 21.2. The average molecular weight is 536 g/mol. The molecule has 38 heavy (non-hydrogen) atoms. The van der Waals surface area contributed by atoms with Gasteiger partial charge in [0.05, 0.1) is 30.1 Å². The molecule has 1 aromatic heterocycles. The first-order valence-corrected chi connectivity index (χ1v) is 13.5. The van der Waals surface area contributed by atoms with Gasteiger partial charge in [-0.1, -0.05) is 31.5 Å². The van der Waals surface area contributed by atoms with E-state index in [1.54, 1.807) is 48.5 Å². The predicted octanol–water partition coefficient (Wildman–Crippen LogP) is 5.32. The molecule has 0 saturated heterocycles. The standard InChI is InChI=1S/C27H29N5O5S/c1-4-5-13-25(33)28-18-9-8-10-22(16-18)38(34,35)32-27-26(30-23-11-6-7-12-24(23)31-27)29-19-14-20(36-2)17-21(15-19)37-3/h6-12,14-17H,4-5,13H2,1-3H3,(H,28,33)(H,29,30)(H,31,32). The molecule has 1 amide bonds. The zero-order valence-electron chi connectivity index (χ0n) is 21.3. The van der Waals surface area contributed by atoms with Crippen molar-refractivity contribution in [2.75, 3.05) is 29.6 Å². The van der Waals surface area contributed by atoms with Crippen LogP contribution in [-0.2, 0) is 14.8 Å². The van der Waals surface area contributed by atoms with Gasteiger partial charge in [-0.25, -0.2) is 18.4 Å². The fraction of sp³-hybridized carbons (Fsp3) is 0.222. The van der Waals surface area contributed by atoms with Crippen LogP contribution in [0.25, 0.3) is 11.0 Å². The maximum absolute atomic E-state index is 13.4. The number of nitrogens with zero attached hydrogens (tertiary/aromatic N) is 2. The molecule has 1 heterocycles. The van der Waals surface area contributed by atoms with Gasteiger partial charge in [-0.05, 0) is 36.8 Å². The van der Waals surface area contributed by atoms with Crippen LogP contribution in [0.15, 0.2) is 71.6 Å². The van der Waals surface area contributed by atoms with Crippen LogP contribution in [0, 0.1) is 0 Å². The minimum absolute atomic E-state index is 0.00266. The Bertz CT molecular complexity index is 1540. The number of para-hydroxylation sites is 2. The van der Waals surface area contributed by atoms with E-state index in [0.717, 1.165) is 12.8 Å². The molecule has 0 bridgehead atoms. The minimum atomic E-state index is -4.09. The SMILES string of the molecule is CCCCC(=O)Nc1cccc(S(=O)(=O)Nc2nc3ccccc3nc2Nc2cc(OC)cc(OC)c2)c1. The Kier molecular flexibility index (Phi) is 8.27. The molecule has 3 aromatic carbocycles. The van der Waals surface area contributed by atoms with Crippen molar-refractivity contribution in [3.63, 3.8) is 0 Å². The number of carbonyl (C=O) groups excluding carboxylic acids is 1. The Morgan fingerprint density at radius 2 is 1.50 bits per heavy atom. The number of fused-ring (bicyclic) bond motifs is 1. The first-order chi connectivity index (χ1) is 18.3. The van der Waals surface area contributed by atoms with Crippen LogP contribution in [0.1, 0.15) is 26.2 Å². The van der Waals surface area contributed by atoms with E-state index >= 15 is 0 Å². The highest BCUT2D eigenvalue weighted by Crippen LogP contribution is 2.31. The lowest BCUT2D eigenvalue weighted by Gasteiger charge is -2.15. The van der Waals surface area contributed by atoms with Gasteiger partial charge < -0.3 is 20.1 Å². The Labute approximate surface area is 221 Å². The number of hydrogen-bond acceptors (Lipinski definition) is 8. The van der Waals surface area contributed by atoms with Crippen LogP contribution >= 0.6 is 0 Å². The van der Waals surface area contributed by atoms with Crippen molar-refractivity contribution in [1.82, 2.24) is 9.97 Å². The molecule has 0 aliphatic heterocycles. The molecule has 0 aliphatic carbocycles. The molecule has 3 N–H and O–H groups in total. The summed E-state index contributed by atoms with van der Waals surface area (Å²) in [5.41, 5.74) is 2.03. The number of carbonyl (C=O) groups is 1. The fourth-order valence-electron chi connectivity index (χ4n) is 3.66. The van der Waals surface area contributed by atoms with Crippen LogP contribution in [-0.4, -0.2) is 38.5 Å². The van der Waals surface area contributed by atoms with Crippen LogP contribution in [0.2, 0.25) is 0 Å². The van der Waals surface area contributed by atoms with Crippen molar-refractivity contribution < 1.29 is 22.7 Å². The Morgan fingerprint density at radius 3 is 2.13 bits per heavy atom. The van der Waals surface area contributed by atoms with E-state index < -0.39 is 10.0 Å². The summed E-state index contributed by atoms with van der Waals surface area (Å²) in [7, 11) is -1.02. The third kappa shape index (κ3) is 6.48. The van der Waals surface area contributed by atoms with Crippen molar-refractivity contribution >= 4 is 50.0 Å². The van der Waals surface area contributed by atoms with E-state index in [-0.39, 0.29) is 22.4 Å². The van der Waals surface area contributed by atoms with Gasteiger partial charge in [-0.3, -0.25) is 9.52 Å². The molecule has 0 radical (unpaired) electrons. The number of sulfonamides is 1. The highest BCUT2D eigenvalue weighted by Gasteiger charge is 2.20. The van der Waals surface area contributed by atoms with Crippen LogP contribution < -0.4 is 24.8 Å².